The van der Waals surface area contributed by atoms with Crippen LogP contribution in [-0.2, 0) is 11.0 Å². The summed E-state index contributed by atoms with van der Waals surface area (Å²) in [6, 6.07) is 8.79. The third kappa shape index (κ3) is 5.32. The van der Waals surface area contributed by atoms with Crippen LogP contribution in [-0.4, -0.2) is 26.1 Å². The lowest BCUT2D eigenvalue weighted by molar-refractivity contribution is -0.137. The average molecular weight is 469 g/mol. The van der Waals surface area contributed by atoms with Crippen LogP contribution in [0.3, 0.4) is 0 Å². The van der Waals surface area contributed by atoms with Gasteiger partial charge in [-0.05, 0) is 55.3 Å². The third-order valence-corrected chi connectivity index (χ3v) is 5.13. The fourth-order valence-corrected chi connectivity index (χ4v) is 3.60. The molecule has 1 N–H and O–H groups in total. The van der Waals surface area contributed by atoms with Gasteiger partial charge < -0.3 is 15.0 Å². The van der Waals surface area contributed by atoms with Crippen molar-refractivity contribution in [1.82, 2.24) is 0 Å². The van der Waals surface area contributed by atoms with E-state index in [0.717, 1.165) is 42.5 Å². The molecule has 0 radical (unpaired) electrons. The molecule has 0 spiro atoms. The van der Waals surface area contributed by atoms with Crippen LogP contribution in [0.25, 0.3) is 6.08 Å². The Morgan fingerprint density at radius 1 is 1.17 bits per heavy atom. The van der Waals surface area contributed by atoms with Crippen molar-refractivity contribution in [3.05, 3.63) is 58.1 Å². The van der Waals surface area contributed by atoms with Crippen LogP contribution in [0, 0.1) is 0 Å². The summed E-state index contributed by atoms with van der Waals surface area (Å²) in [4.78, 5) is 14.4. The number of benzene rings is 2. The highest BCUT2D eigenvalue weighted by molar-refractivity contribution is 9.10. The minimum atomic E-state index is -4.48. The molecule has 1 fully saturated rings. The zero-order chi connectivity index (χ0) is 21.0. The Kier molecular flexibility index (Phi) is 6.52. The zero-order valence-electron chi connectivity index (χ0n) is 15.7. The van der Waals surface area contributed by atoms with Gasteiger partial charge in [-0.25, -0.2) is 0 Å². The maximum absolute atomic E-state index is 13.1. The third-order valence-electron chi connectivity index (χ3n) is 4.63. The normalized spacial score (nSPS) is 14.4. The number of amides is 1. The molecule has 154 valence electrons. The SMILES string of the molecule is COc1ccc(Br)cc1C=CC(=O)Nc1cc(C(F)(F)F)ccc1N1CCCC1. The minimum Gasteiger partial charge on any atom is -0.496 e. The summed E-state index contributed by atoms with van der Waals surface area (Å²) in [5, 5.41) is 2.60. The van der Waals surface area contributed by atoms with Gasteiger partial charge in [0.1, 0.15) is 5.75 Å². The lowest BCUT2D eigenvalue weighted by Crippen LogP contribution is -2.21. The van der Waals surface area contributed by atoms with E-state index in [1.807, 2.05) is 4.90 Å². The number of alkyl halides is 3. The van der Waals surface area contributed by atoms with Crippen molar-refractivity contribution in [2.75, 3.05) is 30.4 Å². The molecule has 8 heteroatoms. The van der Waals surface area contributed by atoms with E-state index < -0.39 is 17.6 Å². The second-order valence-corrected chi connectivity index (χ2v) is 7.55. The van der Waals surface area contributed by atoms with E-state index in [4.69, 9.17) is 4.74 Å². The van der Waals surface area contributed by atoms with Crippen LogP contribution < -0.4 is 15.0 Å². The standard InChI is InChI=1S/C21H20BrF3N2O2/c1-29-19-8-6-16(22)12-14(19)4-9-20(28)26-17-13-15(21(23,24)25)5-7-18(17)27-10-2-3-11-27/h4-9,12-13H,2-3,10-11H2,1H3,(H,26,28). The highest BCUT2D eigenvalue weighted by atomic mass is 79.9. The van der Waals surface area contributed by atoms with Crippen LogP contribution in [0.5, 0.6) is 5.75 Å². The van der Waals surface area contributed by atoms with Crippen molar-refractivity contribution in [1.29, 1.82) is 0 Å². The number of halogens is 4. The van der Waals surface area contributed by atoms with Gasteiger partial charge in [-0.2, -0.15) is 13.2 Å². The van der Waals surface area contributed by atoms with E-state index in [0.29, 0.717) is 17.0 Å². The number of ether oxygens (including phenoxy) is 1. The molecule has 1 aliphatic heterocycles. The molecule has 0 atom stereocenters. The summed E-state index contributed by atoms with van der Waals surface area (Å²) in [6.07, 6.45) is 0.289. The number of hydrogen-bond acceptors (Lipinski definition) is 3. The molecule has 0 aliphatic carbocycles. The fourth-order valence-electron chi connectivity index (χ4n) is 3.22. The summed E-state index contributed by atoms with van der Waals surface area (Å²) in [6.45, 7) is 1.50. The summed E-state index contributed by atoms with van der Waals surface area (Å²) in [5.41, 5.74) is 0.615. The van der Waals surface area contributed by atoms with Crippen molar-refractivity contribution >= 4 is 39.3 Å². The summed E-state index contributed by atoms with van der Waals surface area (Å²) >= 11 is 3.36. The van der Waals surface area contributed by atoms with Crippen LogP contribution in [0.1, 0.15) is 24.0 Å². The Morgan fingerprint density at radius 3 is 2.55 bits per heavy atom. The van der Waals surface area contributed by atoms with Crippen molar-refractivity contribution < 1.29 is 22.7 Å². The molecule has 1 saturated heterocycles. The second kappa shape index (κ2) is 8.90. The first-order chi connectivity index (χ1) is 13.8. The van der Waals surface area contributed by atoms with Gasteiger partial charge in [0, 0.05) is 29.2 Å². The molecule has 1 amide bonds. The predicted molar refractivity (Wildman–Crippen MR) is 111 cm³/mol. The molecule has 29 heavy (non-hydrogen) atoms. The van der Waals surface area contributed by atoms with Gasteiger partial charge in [0.2, 0.25) is 5.91 Å². The summed E-state index contributed by atoms with van der Waals surface area (Å²) in [5.74, 6) is 0.0564. The molecule has 0 unspecified atom stereocenters. The monoisotopic (exact) mass is 468 g/mol. The number of hydrogen-bond donors (Lipinski definition) is 1. The maximum Gasteiger partial charge on any atom is 0.416 e. The number of nitrogens with one attached hydrogen (secondary N) is 1. The van der Waals surface area contributed by atoms with Gasteiger partial charge in [0.25, 0.3) is 0 Å². The van der Waals surface area contributed by atoms with Crippen molar-refractivity contribution in [3.8, 4) is 5.75 Å². The van der Waals surface area contributed by atoms with E-state index >= 15 is 0 Å². The quantitative estimate of drug-likeness (QED) is 0.569. The highest BCUT2D eigenvalue weighted by Crippen LogP contribution is 2.36. The molecular formula is C21H20BrF3N2O2. The molecule has 1 aliphatic rings. The predicted octanol–water partition coefficient (Wildman–Crippen LogP) is 5.73. The van der Waals surface area contributed by atoms with Crippen LogP contribution in [0.4, 0.5) is 24.5 Å². The molecule has 2 aromatic carbocycles. The van der Waals surface area contributed by atoms with Crippen LogP contribution in [0.15, 0.2) is 46.9 Å². The molecule has 0 aromatic heterocycles. The van der Waals surface area contributed by atoms with E-state index in [1.54, 1.807) is 24.3 Å². The molecular weight excluding hydrogens is 449 g/mol. The van der Waals surface area contributed by atoms with Gasteiger partial charge in [-0.15, -0.1) is 0 Å². The largest absolute Gasteiger partial charge is 0.496 e. The Hall–Kier alpha value is -2.48. The number of anilines is 2. The number of carbonyl (C=O) groups excluding carboxylic acids is 1. The van der Waals surface area contributed by atoms with E-state index in [2.05, 4.69) is 21.2 Å². The van der Waals surface area contributed by atoms with E-state index in [1.165, 1.54) is 19.3 Å². The lowest BCUT2D eigenvalue weighted by Gasteiger charge is -2.22. The van der Waals surface area contributed by atoms with Gasteiger partial charge in [0.15, 0.2) is 0 Å². The fraction of sp³-hybridized carbons (Fsp3) is 0.286. The van der Waals surface area contributed by atoms with E-state index in [-0.39, 0.29) is 5.69 Å². The zero-order valence-corrected chi connectivity index (χ0v) is 17.3. The van der Waals surface area contributed by atoms with Gasteiger partial charge in [0.05, 0.1) is 24.0 Å². The molecule has 0 bridgehead atoms. The van der Waals surface area contributed by atoms with Gasteiger partial charge in [-0.3, -0.25) is 4.79 Å². The smallest absolute Gasteiger partial charge is 0.416 e. The van der Waals surface area contributed by atoms with Crippen LogP contribution in [0.2, 0.25) is 0 Å². The summed E-state index contributed by atoms with van der Waals surface area (Å²) < 4.78 is 45.5. The molecule has 4 nitrogen and oxygen atoms in total. The topological polar surface area (TPSA) is 41.6 Å². The number of nitrogens with zero attached hydrogens (tertiary/aromatic N) is 1. The van der Waals surface area contributed by atoms with Crippen molar-refractivity contribution in [3.63, 3.8) is 0 Å². The van der Waals surface area contributed by atoms with Gasteiger partial charge in [-0.1, -0.05) is 15.9 Å². The first kappa shape index (κ1) is 21.2. The molecule has 3 rings (SSSR count). The number of methoxy groups -OCH3 is 1. The average Bonchev–Trinajstić information content (AvgIpc) is 3.20. The second-order valence-electron chi connectivity index (χ2n) is 6.63. The molecule has 2 aromatic rings. The Balaban J connectivity index is 1.86. The van der Waals surface area contributed by atoms with Crippen molar-refractivity contribution in [2.45, 2.75) is 19.0 Å². The van der Waals surface area contributed by atoms with Gasteiger partial charge >= 0.3 is 6.18 Å². The maximum atomic E-state index is 13.1. The Labute approximate surface area is 175 Å². The van der Waals surface area contributed by atoms with Crippen LogP contribution >= 0.6 is 15.9 Å². The number of carbonyl (C=O) groups is 1. The molecule has 1 heterocycles. The Morgan fingerprint density at radius 2 is 1.90 bits per heavy atom. The lowest BCUT2D eigenvalue weighted by atomic mass is 10.1. The first-order valence-corrected chi connectivity index (χ1v) is 9.86. The molecule has 0 saturated carbocycles. The van der Waals surface area contributed by atoms with Crippen molar-refractivity contribution in [2.24, 2.45) is 0 Å². The summed E-state index contributed by atoms with van der Waals surface area (Å²) in [7, 11) is 1.52. The van der Waals surface area contributed by atoms with E-state index in [9.17, 15) is 18.0 Å². The minimum absolute atomic E-state index is 0.151. The number of rotatable bonds is 5. The Bertz CT molecular complexity index is 923. The first-order valence-electron chi connectivity index (χ1n) is 9.07. The highest BCUT2D eigenvalue weighted by Gasteiger charge is 2.31.